The van der Waals surface area contributed by atoms with E-state index in [9.17, 15) is 4.79 Å². The lowest BCUT2D eigenvalue weighted by molar-refractivity contribution is 0.0779. The lowest BCUT2D eigenvalue weighted by Gasteiger charge is -2.40. The third-order valence-electron chi connectivity index (χ3n) is 7.11. The number of hydrogen-bond donors (Lipinski definition) is 1. The first-order chi connectivity index (χ1) is 15.7. The highest BCUT2D eigenvalue weighted by Gasteiger charge is 2.24. The molecule has 32 heavy (non-hydrogen) atoms. The summed E-state index contributed by atoms with van der Waals surface area (Å²) in [5.74, 6) is 0.0235. The number of nitrogens with one attached hydrogen (secondary N) is 1. The highest BCUT2D eigenvalue weighted by Crippen LogP contribution is 2.28. The fourth-order valence-electron chi connectivity index (χ4n) is 5.26. The van der Waals surface area contributed by atoms with Gasteiger partial charge in [-0.05, 0) is 57.0 Å². The molecule has 5 rings (SSSR count). The maximum Gasteiger partial charge on any atom is 0.261 e. The van der Waals surface area contributed by atoms with Crippen molar-refractivity contribution in [3.8, 4) is 0 Å². The summed E-state index contributed by atoms with van der Waals surface area (Å²) in [7, 11) is 0. The average Bonchev–Trinajstić information content (AvgIpc) is 3.24. The highest BCUT2D eigenvalue weighted by molar-refractivity contribution is 7.20. The molecule has 3 aromatic rings. The van der Waals surface area contributed by atoms with E-state index < -0.39 is 0 Å². The van der Waals surface area contributed by atoms with Crippen LogP contribution in [0.3, 0.4) is 0 Å². The number of rotatable bonds is 6. The van der Waals surface area contributed by atoms with Crippen LogP contribution >= 0.6 is 11.3 Å². The van der Waals surface area contributed by atoms with Crippen LogP contribution in [0.5, 0.6) is 0 Å². The van der Waals surface area contributed by atoms with Gasteiger partial charge in [0.1, 0.15) is 4.83 Å². The predicted molar refractivity (Wildman–Crippen MR) is 134 cm³/mol. The molecule has 1 saturated carbocycles. The zero-order chi connectivity index (χ0) is 21.9. The van der Waals surface area contributed by atoms with Gasteiger partial charge in [0.2, 0.25) is 0 Å². The van der Waals surface area contributed by atoms with Crippen LogP contribution in [-0.4, -0.2) is 66.0 Å². The molecule has 1 saturated heterocycles. The van der Waals surface area contributed by atoms with Gasteiger partial charge in [-0.1, -0.05) is 30.9 Å². The van der Waals surface area contributed by atoms with Gasteiger partial charge in [-0.2, -0.15) is 0 Å². The molecule has 170 valence electrons. The minimum absolute atomic E-state index is 0.0235. The van der Waals surface area contributed by atoms with E-state index in [0.717, 1.165) is 51.5 Å². The third kappa shape index (κ3) is 4.98. The fourth-order valence-corrected chi connectivity index (χ4v) is 6.20. The molecule has 0 atom stereocenters. The number of amides is 1. The summed E-state index contributed by atoms with van der Waals surface area (Å²) < 4.78 is 0. The van der Waals surface area contributed by atoms with Crippen LogP contribution in [0.25, 0.3) is 21.1 Å². The Kier molecular flexibility index (Phi) is 6.72. The van der Waals surface area contributed by atoms with Crippen molar-refractivity contribution in [3.63, 3.8) is 0 Å². The summed E-state index contributed by atoms with van der Waals surface area (Å²) in [5, 5.41) is 5.30. The van der Waals surface area contributed by atoms with Crippen molar-refractivity contribution in [2.75, 3.05) is 39.3 Å². The Balaban J connectivity index is 1.08. The topological polar surface area (TPSA) is 48.5 Å². The summed E-state index contributed by atoms with van der Waals surface area (Å²) in [5.41, 5.74) is 2.21. The number of benzene rings is 1. The predicted octanol–water partition coefficient (Wildman–Crippen LogP) is 4.83. The number of fused-ring (bicyclic) bond motifs is 2. The van der Waals surface area contributed by atoms with Crippen molar-refractivity contribution in [2.45, 2.75) is 51.5 Å². The Bertz CT molecular complexity index is 1080. The van der Waals surface area contributed by atoms with E-state index in [4.69, 9.17) is 4.98 Å². The first-order valence-corrected chi connectivity index (χ1v) is 13.0. The second kappa shape index (κ2) is 9.86. The van der Waals surface area contributed by atoms with Gasteiger partial charge < -0.3 is 10.2 Å². The van der Waals surface area contributed by atoms with Crippen LogP contribution in [0, 0.1) is 6.92 Å². The number of carbonyl (C=O) groups excluding carboxylic acids is 1. The van der Waals surface area contributed by atoms with E-state index in [0.29, 0.717) is 0 Å². The van der Waals surface area contributed by atoms with Gasteiger partial charge in [0, 0.05) is 49.5 Å². The van der Waals surface area contributed by atoms with E-state index in [-0.39, 0.29) is 5.91 Å². The second-order valence-electron chi connectivity index (χ2n) is 9.47. The van der Waals surface area contributed by atoms with Gasteiger partial charge in [-0.25, -0.2) is 4.98 Å². The Morgan fingerprint density at radius 1 is 1.06 bits per heavy atom. The minimum atomic E-state index is 0.0235. The number of aromatic nitrogens is 1. The molecule has 0 spiro atoms. The standard InChI is InChI=1S/C26H34N4OS/c1-19-8-9-23-20(16-19)17-21-18-24(32-26(21)28-23)25(31)27-10-5-11-29-12-14-30(15-13-29)22-6-3-2-4-7-22/h8-9,16-18,22H,2-7,10-15H2,1H3,(H,27,31). The van der Waals surface area contributed by atoms with Gasteiger partial charge in [-0.3, -0.25) is 9.69 Å². The molecule has 2 fully saturated rings. The number of carbonyl (C=O) groups is 1. The molecular formula is C26H34N4OS. The first-order valence-electron chi connectivity index (χ1n) is 12.2. The van der Waals surface area contributed by atoms with Crippen molar-refractivity contribution >= 4 is 38.4 Å². The van der Waals surface area contributed by atoms with E-state index >= 15 is 0 Å². The maximum absolute atomic E-state index is 12.7. The molecule has 2 aliphatic rings. The normalized spacial score (nSPS) is 19.0. The highest BCUT2D eigenvalue weighted by atomic mass is 32.1. The van der Waals surface area contributed by atoms with Crippen molar-refractivity contribution in [3.05, 3.63) is 40.8 Å². The maximum atomic E-state index is 12.7. The molecular weight excluding hydrogens is 416 g/mol. The zero-order valence-electron chi connectivity index (χ0n) is 19.1. The fraction of sp³-hybridized carbons (Fsp3) is 0.538. The number of pyridine rings is 1. The van der Waals surface area contributed by atoms with Crippen LogP contribution in [0.4, 0.5) is 0 Å². The molecule has 0 bridgehead atoms. The van der Waals surface area contributed by atoms with Gasteiger partial charge in [-0.15, -0.1) is 11.3 Å². The summed E-state index contributed by atoms with van der Waals surface area (Å²) in [4.78, 5) is 24.4. The molecule has 1 N–H and O–H groups in total. The Morgan fingerprint density at radius 3 is 2.69 bits per heavy atom. The number of piperazine rings is 1. The average molecular weight is 451 g/mol. The quantitative estimate of drug-likeness (QED) is 0.547. The van der Waals surface area contributed by atoms with Gasteiger partial charge >= 0.3 is 0 Å². The number of nitrogens with zero attached hydrogens (tertiary/aromatic N) is 3. The molecule has 0 unspecified atom stereocenters. The molecule has 0 radical (unpaired) electrons. The Morgan fingerprint density at radius 2 is 1.88 bits per heavy atom. The van der Waals surface area contributed by atoms with Crippen molar-refractivity contribution in [2.24, 2.45) is 0 Å². The molecule has 6 heteroatoms. The molecule has 1 aliphatic heterocycles. The molecule has 5 nitrogen and oxygen atoms in total. The summed E-state index contributed by atoms with van der Waals surface area (Å²) in [6, 6.07) is 11.2. The van der Waals surface area contributed by atoms with Gasteiger partial charge in [0.25, 0.3) is 5.91 Å². The van der Waals surface area contributed by atoms with Crippen LogP contribution in [0.1, 0.15) is 53.8 Å². The number of thiophene rings is 1. The van der Waals surface area contributed by atoms with Crippen LogP contribution in [0.15, 0.2) is 30.3 Å². The van der Waals surface area contributed by atoms with Crippen LogP contribution in [-0.2, 0) is 0 Å². The number of aryl methyl sites for hydroxylation is 1. The van der Waals surface area contributed by atoms with Gasteiger partial charge in [0.15, 0.2) is 0 Å². The third-order valence-corrected chi connectivity index (χ3v) is 8.16. The SMILES string of the molecule is Cc1ccc2nc3sc(C(=O)NCCCN4CCN(C5CCCCC5)CC4)cc3cc2c1. The molecule has 1 aromatic carbocycles. The smallest absolute Gasteiger partial charge is 0.261 e. The zero-order valence-corrected chi connectivity index (χ0v) is 19.9. The van der Waals surface area contributed by atoms with E-state index in [2.05, 4.69) is 46.3 Å². The van der Waals surface area contributed by atoms with Crippen molar-refractivity contribution < 1.29 is 4.79 Å². The summed E-state index contributed by atoms with van der Waals surface area (Å²) >= 11 is 1.49. The van der Waals surface area contributed by atoms with Gasteiger partial charge in [0.05, 0.1) is 10.4 Å². The lowest BCUT2D eigenvalue weighted by Crippen LogP contribution is -2.51. The second-order valence-corrected chi connectivity index (χ2v) is 10.5. The molecule has 2 aromatic heterocycles. The van der Waals surface area contributed by atoms with E-state index in [1.807, 2.05) is 6.07 Å². The van der Waals surface area contributed by atoms with E-state index in [1.54, 1.807) is 0 Å². The van der Waals surface area contributed by atoms with Crippen molar-refractivity contribution in [1.82, 2.24) is 20.1 Å². The monoisotopic (exact) mass is 450 g/mol. The molecule has 1 amide bonds. The molecule has 1 aliphatic carbocycles. The summed E-state index contributed by atoms with van der Waals surface area (Å²) in [6.45, 7) is 8.63. The summed E-state index contributed by atoms with van der Waals surface area (Å²) in [6.07, 6.45) is 8.05. The minimum Gasteiger partial charge on any atom is -0.351 e. The first kappa shape index (κ1) is 21.8. The number of hydrogen-bond acceptors (Lipinski definition) is 5. The van der Waals surface area contributed by atoms with Crippen LogP contribution in [0.2, 0.25) is 0 Å². The van der Waals surface area contributed by atoms with Crippen molar-refractivity contribution in [1.29, 1.82) is 0 Å². The Labute approximate surface area is 194 Å². The van der Waals surface area contributed by atoms with E-state index in [1.165, 1.54) is 75.2 Å². The largest absolute Gasteiger partial charge is 0.351 e. The van der Waals surface area contributed by atoms with Crippen LogP contribution < -0.4 is 5.32 Å². The Hall–Kier alpha value is -2.02. The molecule has 3 heterocycles. The lowest BCUT2D eigenvalue weighted by atomic mass is 9.94.